The molecule has 126 valence electrons. The molecule has 0 radical (unpaired) electrons. The Balaban J connectivity index is 2.22. The molecule has 25 heavy (non-hydrogen) atoms. The van der Waals surface area contributed by atoms with Gasteiger partial charge in [-0.15, -0.1) is 11.8 Å². The lowest BCUT2D eigenvalue weighted by Crippen LogP contribution is -2.15. The molecule has 2 heterocycles. The van der Waals surface area contributed by atoms with E-state index in [4.69, 9.17) is 20.3 Å². The predicted molar refractivity (Wildman–Crippen MR) is 92.3 cm³/mol. The molecule has 3 rings (SSSR count). The summed E-state index contributed by atoms with van der Waals surface area (Å²) in [5.41, 5.74) is 7.35. The Morgan fingerprint density at radius 2 is 1.88 bits per heavy atom. The highest BCUT2D eigenvalue weighted by atomic mass is 32.2. The number of nitrogens with zero attached hydrogens (tertiary/aromatic N) is 3. The number of anilines is 1. The average Bonchev–Trinajstić information content (AvgIpc) is 2.65. The van der Waals surface area contributed by atoms with Crippen molar-refractivity contribution in [3.63, 3.8) is 0 Å². The van der Waals surface area contributed by atoms with E-state index in [1.807, 2.05) is 6.07 Å². The van der Waals surface area contributed by atoms with Gasteiger partial charge in [0.25, 0.3) is 0 Å². The van der Waals surface area contributed by atoms with Gasteiger partial charge in [0.2, 0.25) is 0 Å². The van der Waals surface area contributed by atoms with Gasteiger partial charge in [-0.3, -0.25) is 0 Å². The monoisotopic (exact) mass is 354 g/mol. The molecule has 2 aromatic rings. The summed E-state index contributed by atoms with van der Waals surface area (Å²) in [5, 5.41) is 28.6. The number of aliphatic hydroxyl groups excluding tert-OH is 1. The molecule has 0 aliphatic carbocycles. The summed E-state index contributed by atoms with van der Waals surface area (Å²) in [6.07, 6.45) is 0. The average molecular weight is 354 g/mol. The van der Waals surface area contributed by atoms with Crippen molar-refractivity contribution in [3.8, 4) is 34.8 Å². The molecule has 1 aliphatic heterocycles. The third-order valence-corrected chi connectivity index (χ3v) is 4.53. The molecule has 0 saturated carbocycles. The Bertz CT molecular complexity index is 902. The summed E-state index contributed by atoms with van der Waals surface area (Å²) in [6, 6.07) is 9.36. The first-order valence-electron chi connectivity index (χ1n) is 7.47. The molecule has 0 atom stereocenters. The van der Waals surface area contributed by atoms with Crippen molar-refractivity contribution in [1.29, 1.82) is 10.5 Å². The van der Waals surface area contributed by atoms with Crippen molar-refractivity contribution < 1.29 is 14.6 Å². The molecule has 1 aromatic carbocycles. The van der Waals surface area contributed by atoms with E-state index in [2.05, 4.69) is 11.1 Å². The maximum absolute atomic E-state index is 9.64. The van der Waals surface area contributed by atoms with Crippen molar-refractivity contribution in [2.24, 2.45) is 0 Å². The van der Waals surface area contributed by atoms with Crippen LogP contribution in [-0.4, -0.2) is 35.7 Å². The summed E-state index contributed by atoms with van der Waals surface area (Å²) in [7, 11) is 0. The molecular formula is C17H14N4O3S. The van der Waals surface area contributed by atoms with Crippen molar-refractivity contribution >= 4 is 17.6 Å². The first-order valence-corrected chi connectivity index (χ1v) is 8.45. The van der Waals surface area contributed by atoms with Gasteiger partial charge >= 0.3 is 0 Å². The highest BCUT2D eigenvalue weighted by molar-refractivity contribution is 7.99. The third-order valence-electron chi connectivity index (χ3n) is 3.58. The lowest BCUT2D eigenvalue weighted by Gasteiger charge is -2.20. The van der Waals surface area contributed by atoms with Crippen LogP contribution in [0.5, 0.6) is 11.5 Å². The van der Waals surface area contributed by atoms with Gasteiger partial charge < -0.3 is 20.3 Å². The Hall–Kier alpha value is -2.94. The van der Waals surface area contributed by atoms with Crippen LogP contribution in [0.25, 0.3) is 11.1 Å². The molecule has 8 heteroatoms. The van der Waals surface area contributed by atoms with Crippen LogP contribution in [0.3, 0.4) is 0 Å². The van der Waals surface area contributed by atoms with Crippen LogP contribution in [0.2, 0.25) is 0 Å². The minimum Gasteiger partial charge on any atom is -0.486 e. The Morgan fingerprint density at radius 1 is 1.16 bits per heavy atom. The minimum atomic E-state index is -0.0590. The van der Waals surface area contributed by atoms with Crippen LogP contribution in [0.1, 0.15) is 11.1 Å². The zero-order valence-corrected chi connectivity index (χ0v) is 14.0. The molecular weight excluding hydrogens is 340 g/mol. The molecule has 0 spiro atoms. The highest BCUT2D eigenvalue weighted by Gasteiger charge is 2.22. The van der Waals surface area contributed by atoms with Gasteiger partial charge in [-0.25, -0.2) is 4.98 Å². The van der Waals surface area contributed by atoms with Gasteiger partial charge in [0, 0.05) is 11.3 Å². The van der Waals surface area contributed by atoms with Crippen molar-refractivity contribution in [1.82, 2.24) is 4.98 Å². The van der Waals surface area contributed by atoms with E-state index in [0.29, 0.717) is 46.6 Å². The number of benzene rings is 1. The maximum atomic E-state index is 9.64. The molecule has 1 aromatic heterocycles. The van der Waals surface area contributed by atoms with E-state index >= 15 is 0 Å². The van der Waals surface area contributed by atoms with Crippen LogP contribution >= 0.6 is 11.8 Å². The fourth-order valence-electron chi connectivity index (χ4n) is 2.53. The lowest BCUT2D eigenvalue weighted by atomic mass is 9.96. The van der Waals surface area contributed by atoms with Crippen LogP contribution in [0.15, 0.2) is 23.2 Å². The molecule has 0 amide bonds. The smallest absolute Gasteiger partial charge is 0.161 e. The van der Waals surface area contributed by atoms with Gasteiger partial charge in [0.15, 0.2) is 11.5 Å². The highest BCUT2D eigenvalue weighted by Crippen LogP contribution is 2.40. The summed E-state index contributed by atoms with van der Waals surface area (Å²) in [6.45, 7) is 0.850. The topological polar surface area (TPSA) is 125 Å². The lowest BCUT2D eigenvalue weighted by molar-refractivity contribution is 0.171. The third kappa shape index (κ3) is 3.18. The van der Waals surface area contributed by atoms with E-state index in [1.54, 1.807) is 18.2 Å². The zero-order chi connectivity index (χ0) is 17.8. The number of thioether (sulfide) groups is 1. The van der Waals surface area contributed by atoms with Gasteiger partial charge in [-0.2, -0.15) is 10.5 Å². The van der Waals surface area contributed by atoms with Crippen molar-refractivity contribution in [2.75, 3.05) is 31.3 Å². The van der Waals surface area contributed by atoms with Crippen molar-refractivity contribution in [3.05, 3.63) is 29.3 Å². The van der Waals surface area contributed by atoms with E-state index in [-0.39, 0.29) is 23.6 Å². The number of aromatic nitrogens is 1. The van der Waals surface area contributed by atoms with E-state index in [0.717, 1.165) is 0 Å². The molecule has 0 bridgehead atoms. The van der Waals surface area contributed by atoms with Crippen LogP contribution in [0, 0.1) is 22.7 Å². The molecule has 0 fully saturated rings. The standard InChI is InChI=1S/C17H14N4O3S/c18-8-11-15(10-1-2-13-14(7-10)24-5-4-23-13)12(9-19)17(21-16(11)20)25-6-3-22/h1-2,7,22H,3-6H2,(H2,20,21). The second-order valence-corrected chi connectivity index (χ2v) is 6.16. The normalized spacial score (nSPS) is 12.3. The Kier molecular flexibility index (Phi) is 4.94. The van der Waals surface area contributed by atoms with Gasteiger partial charge in [-0.1, -0.05) is 6.07 Å². The van der Waals surface area contributed by atoms with E-state index in [1.165, 1.54) is 11.8 Å². The summed E-state index contributed by atoms with van der Waals surface area (Å²) in [4.78, 5) is 4.15. The second-order valence-electron chi connectivity index (χ2n) is 5.08. The van der Waals surface area contributed by atoms with E-state index < -0.39 is 0 Å². The number of hydrogen-bond donors (Lipinski definition) is 2. The summed E-state index contributed by atoms with van der Waals surface area (Å²) < 4.78 is 11.1. The van der Waals surface area contributed by atoms with Gasteiger partial charge in [-0.05, 0) is 17.7 Å². The Morgan fingerprint density at radius 3 is 2.56 bits per heavy atom. The summed E-state index contributed by atoms with van der Waals surface area (Å²) in [5.74, 6) is 1.58. The number of pyridine rings is 1. The molecule has 0 unspecified atom stereocenters. The number of nitriles is 2. The molecule has 7 nitrogen and oxygen atoms in total. The number of rotatable bonds is 4. The predicted octanol–water partition coefficient (Wildman–Crippen LogP) is 1.93. The molecule has 3 N–H and O–H groups in total. The zero-order valence-electron chi connectivity index (χ0n) is 13.2. The van der Waals surface area contributed by atoms with Gasteiger partial charge in [0.1, 0.15) is 41.8 Å². The fraction of sp³-hybridized carbons (Fsp3) is 0.235. The fourth-order valence-corrected chi connectivity index (χ4v) is 3.27. The van der Waals surface area contributed by atoms with Crippen LogP contribution in [-0.2, 0) is 0 Å². The van der Waals surface area contributed by atoms with Crippen LogP contribution < -0.4 is 15.2 Å². The number of fused-ring (bicyclic) bond motifs is 1. The van der Waals surface area contributed by atoms with Gasteiger partial charge in [0.05, 0.1) is 12.2 Å². The number of nitrogens with two attached hydrogens (primary N) is 1. The molecule has 1 aliphatic rings. The first kappa shape index (κ1) is 16.9. The number of aliphatic hydroxyl groups is 1. The minimum absolute atomic E-state index is 0.0480. The number of nitrogen functional groups attached to an aromatic ring is 1. The second kappa shape index (κ2) is 7.31. The summed E-state index contributed by atoms with van der Waals surface area (Å²) >= 11 is 1.21. The van der Waals surface area contributed by atoms with E-state index in [9.17, 15) is 10.5 Å². The number of hydrogen-bond acceptors (Lipinski definition) is 8. The first-order chi connectivity index (χ1) is 12.2. The SMILES string of the molecule is N#Cc1c(N)nc(SCCO)c(C#N)c1-c1ccc2c(c1)OCCO2. The number of ether oxygens (including phenoxy) is 2. The largest absolute Gasteiger partial charge is 0.486 e. The Labute approximate surface area is 148 Å². The van der Waals surface area contributed by atoms with Crippen LogP contribution in [0.4, 0.5) is 5.82 Å². The molecule has 0 saturated heterocycles. The maximum Gasteiger partial charge on any atom is 0.161 e. The quantitative estimate of drug-likeness (QED) is 0.798. The van der Waals surface area contributed by atoms with Crippen molar-refractivity contribution in [2.45, 2.75) is 5.03 Å².